The molecule has 3 unspecified atom stereocenters. The smallest absolute Gasteiger partial charge is 0.387 e. The van der Waals surface area contributed by atoms with Gasteiger partial charge in [0, 0.05) is 6.42 Å². The van der Waals surface area contributed by atoms with E-state index in [1.807, 2.05) is 27.2 Å². The topological polar surface area (TPSA) is 105 Å². The van der Waals surface area contributed by atoms with Gasteiger partial charge in [-0.05, 0) is 32.1 Å². The molecule has 0 radical (unpaired) electrons. The van der Waals surface area contributed by atoms with Crippen molar-refractivity contribution in [2.75, 3.05) is 40.9 Å². The Bertz CT molecular complexity index is 1160. The Morgan fingerprint density at radius 2 is 0.809 bits per heavy atom. The number of nitrogens with zero attached hydrogens (tertiary/aromatic N) is 1. The van der Waals surface area contributed by atoms with Gasteiger partial charge in [0.2, 0.25) is 5.91 Å². The first-order valence-electron chi connectivity index (χ1n) is 29.7. The van der Waals surface area contributed by atoms with Crippen LogP contribution in [0.1, 0.15) is 296 Å². The molecule has 9 heteroatoms. The number of unbranched alkanes of at least 4 members (excludes halogenated alkanes) is 40. The molecule has 0 fully saturated rings. The zero-order valence-corrected chi connectivity index (χ0v) is 47.0. The quantitative estimate of drug-likeness (QED) is 0.0243. The predicted octanol–water partition coefficient (Wildman–Crippen LogP) is 18.0. The number of phosphoric ester groups is 1. The minimum absolute atomic E-state index is 0.0582. The number of phosphoric acid groups is 1. The highest BCUT2D eigenvalue weighted by molar-refractivity contribution is 7.47. The van der Waals surface area contributed by atoms with Gasteiger partial charge in [0.1, 0.15) is 13.2 Å². The number of nitrogens with one attached hydrogen (secondary N) is 1. The van der Waals surface area contributed by atoms with Gasteiger partial charge in [0.25, 0.3) is 0 Å². The zero-order chi connectivity index (χ0) is 49.9. The minimum Gasteiger partial charge on any atom is -0.387 e. The third kappa shape index (κ3) is 52.8. The van der Waals surface area contributed by atoms with E-state index in [4.69, 9.17) is 9.05 Å². The van der Waals surface area contributed by atoms with Crippen LogP contribution >= 0.6 is 7.82 Å². The SMILES string of the molecule is CCCCCC/C=C/CC/C=C/C(O)C(COP(=O)(O)OCC[N+](C)(C)C)NC(=O)CCCCCCCCCCCCCCCCCCCCCCCCCCCCCCCCCCCCCC. The molecule has 68 heavy (non-hydrogen) atoms. The number of aliphatic hydroxyl groups is 1. The predicted molar refractivity (Wildman–Crippen MR) is 295 cm³/mol. The average molecular weight is 983 g/mol. The molecule has 3 N–H and O–H groups in total. The van der Waals surface area contributed by atoms with Crippen LogP contribution in [0.25, 0.3) is 0 Å². The lowest BCUT2D eigenvalue weighted by Crippen LogP contribution is -2.45. The van der Waals surface area contributed by atoms with Crippen molar-refractivity contribution in [3.63, 3.8) is 0 Å². The van der Waals surface area contributed by atoms with Crippen LogP contribution in [0.3, 0.4) is 0 Å². The van der Waals surface area contributed by atoms with Crippen molar-refractivity contribution in [3.05, 3.63) is 24.3 Å². The molecule has 0 rings (SSSR count). The highest BCUT2D eigenvalue weighted by Crippen LogP contribution is 2.43. The van der Waals surface area contributed by atoms with Crippen LogP contribution in [0.15, 0.2) is 24.3 Å². The second-order valence-electron chi connectivity index (χ2n) is 21.7. The average Bonchev–Trinajstić information content (AvgIpc) is 3.30. The molecule has 8 nitrogen and oxygen atoms in total. The van der Waals surface area contributed by atoms with Gasteiger partial charge in [-0.2, -0.15) is 0 Å². The highest BCUT2D eigenvalue weighted by atomic mass is 31.2. The van der Waals surface area contributed by atoms with Crippen LogP contribution < -0.4 is 5.32 Å². The Labute approximate surface area is 424 Å². The lowest BCUT2D eigenvalue weighted by Gasteiger charge is -2.25. The van der Waals surface area contributed by atoms with Crippen LogP contribution in [-0.4, -0.2) is 73.4 Å². The normalized spacial score (nSPS) is 14.0. The summed E-state index contributed by atoms with van der Waals surface area (Å²) in [5, 5.41) is 13.8. The fourth-order valence-corrected chi connectivity index (χ4v) is 9.74. The number of carbonyl (C=O) groups is 1. The van der Waals surface area contributed by atoms with Gasteiger partial charge in [0.15, 0.2) is 0 Å². The molecular weight excluding hydrogens is 864 g/mol. The van der Waals surface area contributed by atoms with Crippen LogP contribution in [-0.2, 0) is 18.4 Å². The molecular formula is C59H118N2O6P+. The van der Waals surface area contributed by atoms with E-state index in [0.29, 0.717) is 17.4 Å². The Kier molecular flexibility index (Phi) is 50.1. The van der Waals surface area contributed by atoms with Crippen molar-refractivity contribution in [2.45, 2.75) is 309 Å². The number of hydrogen-bond acceptors (Lipinski definition) is 5. The second kappa shape index (κ2) is 50.9. The Morgan fingerprint density at radius 3 is 1.18 bits per heavy atom. The van der Waals surface area contributed by atoms with Gasteiger partial charge in [-0.15, -0.1) is 0 Å². The summed E-state index contributed by atoms with van der Waals surface area (Å²) in [5.41, 5.74) is 0. The fraction of sp³-hybridized carbons (Fsp3) is 0.915. The lowest BCUT2D eigenvalue weighted by atomic mass is 10.0. The van der Waals surface area contributed by atoms with Crippen molar-refractivity contribution in [2.24, 2.45) is 0 Å². The van der Waals surface area contributed by atoms with E-state index in [1.165, 1.54) is 238 Å². The van der Waals surface area contributed by atoms with Crippen molar-refractivity contribution in [1.82, 2.24) is 5.32 Å². The van der Waals surface area contributed by atoms with Crippen LogP contribution in [0.5, 0.6) is 0 Å². The lowest BCUT2D eigenvalue weighted by molar-refractivity contribution is -0.870. The van der Waals surface area contributed by atoms with Gasteiger partial charge >= 0.3 is 7.82 Å². The first-order valence-corrected chi connectivity index (χ1v) is 31.2. The van der Waals surface area contributed by atoms with Gasteiger partial charge in [-0.1, -0.05) is 282 Å². The molecule has 0 aliphatic rings. The monoisotopic (exact) mass is 982 g/mol. The number of rotatable bonds is 55. The van der Waals surface area contributed by atoms with Crippen LogP contribution in [0.2, 0.25) is 0 Å². The molecule has 404 valence electrons. The summed E-state index contributed by atoms with van der Waals surface area (Å²) in [6, 6.07) is -0.858. The summed E-state index contributed by atoms with van der Waals surface area (Å²) >= 11 is 0. The fourth-order valence-electron chi connectivity index (χ4n) is 9.00. The summed E-state index contributed by atoms with van der Waals surface area (Å²) in [5.74, 6) is -0.183. The Balaban J connectivity index is 3.84. The van der Waals surface area contributed by atoms with E-state index in [9.17, 15) is 19.4 Å². The van der Waals surface area contributed by atoms with E-state index in [1.54, 1.807) is 6.08 Å². The summed E-state index contributed by atoms with van der Waals surface area (Å²) < 4.78 is 23.6. The molecule has 0 spiro atoms. The molecule has 0 aliphatic carbocycles. The van der Waals surface area contributed by atoms with Gasteiger partial charge in [0.05, 0.1) is 39.9 Å². The van der Waals surface area contributed by atoms with Gasteiger partial charge < -0.3 is 19.8 Å². The van der Waals surface area contributed by atoms with Gasteiger partial charge in [-0.3, -0.25) is 13.8 Å². The first kappa shape index (κ1) is 67.0. The molecule has 1 amide bonds. The van der Waals surface area contributed by atoms with Crippen molar-refractivity contribution in [3.8, 4) is 0 Å². The van der Waals surface area contributed by atoms with Crippen molar-refractivity contribution < 1.29 is 32.9 Å². The van der Waals surface area contributed by atoms with E-state index < -0.39 is 20.0 Å². The maximum atomic E-state index is 12.9. The molecule has 0 aromatic rings. The number of amides is 1. The molecule has 0 saturated carbocycles. The summed E-state index contributed by atoms with van der Waals surface area (Å²) in [6.45, 7) is 4.79. The van der Waals surface area contributed by atoms with Crippen LogP contribution in [0.4, 0.5) is 0 Å². The van der Waals surface area contributed by atoms with Crippen molar-refractivity contribution in [1.29, 1.82) is 0 Å². The van der Waals surface area contributed by atoms with E-state index >= 15 is 0 Å². The maximum absolute atomic E-state index is 12.9. The standard InChI is InChI=1S/C59H117N2O6P/c1-6-8-10-12-14-16-18-19-20-21-22-23-24-25-26-27-28-29-30-31-32-33-34-35-36-37-38-39-40-41-42-43-45-47-49-51-53-59(63)60-57(56-67-68(64,65)66-55-54-61(3,4)5)58(62)52-50-48-46-44-17-15-13-11-9-7-2/h17,44,50,52,57-58,62H,6-16,18-43,45-49,51,53-56H2,1-5H3,(H-,60,63,64,65)/p+1/b44-17+,52-50+. The molecule has 0 bridgehead atoms. The number of aliphatic hydroxyl groups excluding tert-OH is 1. The number of carbonyl (C=O) groups excluding carboxylic acids is 1. The number of hydrogen-bond donors (Lipinski definition) is 3. The molecule has 0 aliphatic heterocycles. The van der Waals surface area contributed by atoms with Crippen LogP contribution in [0, 0.1) is 0 Å². The molecule has 0 saturated heterocycles. The molecule has 0 heterocycles. The number of likely N-dealkylation sites (N-methyl/N-ethyl adjacent to an activating group) is 1. The first-order chi connectivity index (χ1) is 33.0. The summed E-state index contributed by atoms with van der Waals surface area (Å²) in [7, 11) is 1.56. The number of allylic oxidation sites excluding steroid dienone is 3. The summed E-state index contributed by atoms with van der Waals surface area (Å²) in [4.78, 5) is 23.2. The third-order valence-electron chi connectivity index (χ3n) is 13.7. The largest absolute Gasteiger partial charge is 0.472 e. The van der Waals surface area contributed by atoms with Gasteiger partial charge in [-0.25, -0.2) is 4.57 Å². The number of quaternary nitrogens is 1. The Morgan fingerprint density at radius 1 is 0.485 bits per heavy atom. The van der Waals surface area contributed by atoms with E-state index in [0.717, 1.165) is 38.5 Å². The second-order valence-corrected chi connectivity index (χ2v) is 23.2. The zero-order valence-electron chi connectivity index (χ0n) is 46.1. The minimum atomic E-state index is -4.34. The third-order valence-corrected chi connectivity index (χ3v) is 14.7. The highest BCUT2D eigenvalue weighted by Gasteiger charge is 2.27. The van der Waals surface area contributed by atoms with E-state index in [-0.39, 0.29) is 19.1 Å². The maximum Gasteiger partial charge on any atom is 0.472 e. The van der Waals surface area contributed by atoms with E-state index in [2.05, 4.69) is 31.3 Å². The molecule has 0 aromatic heterocycles. The molecule has 3 atom stereocenters. The summed E-state index contributed by atoms with van der Waals surface area (Å²) in [6.07, 6.45) is 64.8. The van der Waals surface area contributed by atoms with Crippen molar-refractivity contribution >= 4 is 13.7 Å². The Hall–Kier alpha value is -1.02. The molecule has 0 aromatic carbocycles.